The van der Waals surface area contributed by atoms with Crippen molar-refractivity contribution >= 4 is 33.4 Å². The smallest absolute Gasteiger partial charge is 0.262 e. The third-order valence-electron chi connectivity index (χ3n) is 3.97. The Balaban J connectivity index is 1.91. The number of hydrogen-bond donors (Lipinski definition) is 2. The topological polar surface area (TPSA) is 93.1 Å². The van der Waals surface area contributed by atoms with Crippen LogP contribution in [0.4, 0.5) is 0 Å². The summed E-state index contributed by atoms with van der Waals surface area (Å²) in [7, 11) is 0. The quantitative estimate of drug-likeness (QED) is 0.793. The molecule has 23 heavy (non-hydrogen) atoms. The summed E-state index contributed by atoms with van der Waals surface area (Å²) in [5.74, 6) is -0.220. The zero-order valence-electron chi connectivity index (χ0n) is 13.0. The van der Waals surface area contributed by atoms with Gasteiger partial charge in [0.15, 0.2) is 0 Å². The molecule has 1 atom stereocenters. The molecular formula is C15H18N4O3S. The van der Waals surface area contributed by atoms with Crippen LogP contribution in [0.15, 0.2) is 11.1 Å². The molecule has 7 nitrogen and oxygen atoms in total. The standard InChI is InChI=1S/C15H18N4O3S/c1-8-3-4-10-11(5-8)23-14-13(10)15(22)19(7-16-14)6-12(21)18-17-9(2)20/h7-8H,3-6H2,1-2H3,(H,17,20)(H,18,21). The van der Waals surface area contributed by atoms with Crippen molar-refractivity contribution in [1.29, 1.82) is 0 Å². The van der Waals surface area contributed by atoms with Gasteiger partial charge in [-0.25, -0.2) is 4.98 Å². The minimum Gasteiger partial charge on any atom is -0.289 e. The zero-order valence-corrected chi connectivity index (χ0v) is 13.8. The third-order valence-corrected chi connectivity index (χ3v) is 5.14. The second kappa shape index (κ2) is 6.11. The summed E-state index contributed by atoms with van der Waals surface area (Å²) >= 11 is 1.58. The SMILES string of the molecule is CC(=O)NNC(=O)Cn1cnc2sc3c(c2c1=O)CCC(C)C3. The predicted molar refractivity (Wildman–Crippen MR) is 87.0 cm³/mol. The predicted octanol–water partition coefficient (Wildman–Crippen LogP) is 0.750. The lowest BCUT2D eigenvalue weighted by molar-refractivity contribution is -0.128. The van der Waals surface area contributed by atoms with Crippen LogP contribution >= 0.6 is 11.3 Å². The molecule has 3 rings (SSSR count). The van der Waals surface area contributed by atoms with Crippen LogP contribution in [0.3, 0.4) is 0 Å². The van der Waals surface area contributed by atoms with Crippen LogP contribution in [0, 0.1) is 5.92 Å². The molecule has 0 aliphatic heterocycles. The molecule has 1 aliphatic rings. The Hall–Kier alpha value is -2.22. The van der Waals surface area contributed by atoms with Gasteiger partial charge >= 0.3 is 0 Å². The Bertz CT molecular complexity index is 839. The molecule has 2 heterocycles. The molecule has 0 fully saturated rings. The number of carbonyl (C=O) groups is 2. The van der Waals surface area contributed by atoms with E-state index in [1.165, 1.54) is 22.7 Å². The molecule has 0 aromatic carbocycles. The Morgan fingerprint density at radius 2 is 2.22 bits per heavy atom. The van der Waals surface area contributed by atoms with E-state index in [1.807, 2.05) is 0 Å². The van der Waals surface area contributed by atoms with E-state index >= 15 is 0 Å². The maximum Gasteiger partial charge on any atom is 0.262 e. The lowest BCUT2D eigenvalue weighted by atomic mass is 9.89. The van der Waals surface area contributed by atoms with Gasteiger partial charge < -0.3 is 0 Å². The van der Waals surface area contributed by atoms with Crippen molar-refractivity contribution in [2.45, 2.75) is 39.7 Å². The highest BCUT2D eigenvalue weighted by atomic mass is 32.1. The van der Waals surface area contributed by atoms with Gasteiger partial charge in [0.25, 0.3) is 11.5 Å². The molecule has 0 saturated heterocycles. The fourth-order valence-corrected chi connectivity index (χ4v) is 4.17. The number of nitrogens with one attached hydrogen (secondary N) is 2. The molecule has 0 saturated carbocycles. The number of thiophene rings is 1. The van der Waals surface area contributed by atoms with Gasteiger partial charge in [0, 0.05) is 11.8 Å². The second-order valence-electron chi connectivity index (χ2n) is 5.94. The van der Waals surface area contributed by atoms with Crippen molar-refractivity contribution in [3.05, 3.63) is 27.1 Å². The third kappa shape index (κ3) is 3.12. The minimum absolute atomic E-state index is 0.178. The van der Waals surface area contributed by atoms with Gasteiger partial charge in [-0.2, -0.15) is 0 Å². The molecule has 0 radical (unpaired) electrons. The largest absolute Gasteiger partial charge is 0.289 e. The monoisotopic (exact) mass is 334 g/mol. The van der Waals surface area contributed by atoms with Gasteiger partial charge in [-0.15, -0.1) is 11.3 Å². The molecule has 122 valence electrons. The number of nitrogens with zero attached hydrogens (tertiary/aromatic N) is 2. The zero-order chi connectivity index (χ0) is 16.6. The second-order valence-corrected chi connectivity index (χ2v) is 7.02. The van der Waals surface area contributed by atoms with Gasteiger partial charge in [0.2, 0.25) is 5.91 Å². The summed E-state index contributed by atoms with van der Waals surface area (Å²) in [6, 6.07) is 0. The van der Waals surface area contributed by atoms with Gasteiger partial charge in [-0.05, 0) is 30.7 Å². The van der Waals surface area contributed by atoms with Crippen LogP contribution in [-0.2, 0) is 29.0 Å². The van der Waals surface area contributed by atoms with Crippen molar-refractivity contribution in [2.24, 2.45) is 5.92 Å². The van der Waals surface area contributed by atoms with Crippen LogP contribution in [0.5, 0.6) is 0 Å². The minimum atomic E-state index is -0.471. The van der Waals surface area contributed by atoms with E-state index in [1.54, 1.807) is 11.3 Å². The number of fused-ring (bicyclic) bond motifs is 3. The molecule has 1 unspecified atom stereocenters. The first kappa shape index (κ1) is 15.7. The number of amides is 2. The van der Waals surface area contributed by atoms with Gasteiger partial charge in [0.05, 0.1) is 11.7 Å². The maximum absolute atomic E-state index is 12.7. The lowest BCUT2D eigenvalue weighted by Crippen LogP contribution is -2.43. The highest BCUT2D eigenvalue weighted by Crippen LogP contribution is 2.35. The van der Waals surface area contributed by atoms with E-state index in [0.29, 0.717) is 11.3 Å². The summed E-state index contributed by atoms with van der Waals surface area (Å²) in [5.41, 5.74) is 5.34. The number of aromatic nitrogens is 2. The van der Waals surface area contributed by atoms with Crippen molar-refractivity contribution in [2.75, 3.05) is 0 Å². The summed E-state index contributed by atoms with van der Waals surface area (Å²) in [6.07, 6.45) is 4.33. The van der Waals surface area contributed by atoms with Crippen LogP contribution < -0.4 is 16.4 Å². The first-order chi connectivity index (χ1) is 11.0. The molecule has 2 N–H and O–H groups in total. The van der Waals surface area contributed by atoms with Crippen LogP contribution in [0.2, 0.25) is 0 Å². The first-order valence-corrected chi connectivity index (χ1v) is 8.32. The van der Waals surface area contributed by atoms with E-state index in [-0.39, 0.29) is 18.0 Å². The molecule has 8 heteroatoms. The highest BCUT2D eigenvalue weighted by molar-refractivity contribution is 7.18. The van der Waals surface area contributed by atoms with E-state index in [0.717, 1.165) is 29.7 Å². The van der Waals surface area contributed by atoms with Crippen molar-refractivity contribution < 1.29 is 9.59 Å². The molecule has 2 amide bonds. The summed E-state index contributed by atoms with van der Waals surface area (Å²) in [5, 5.41) is 0.645. The number of rotatable bonds is 2. The fraction of sp³-hybridized carbons (Fsp3) is 0.467. The van der Waals surface area contributed by atoms with Crippen LogP contribution in [-0.4, -0.2) is 21.4 Å². The first-order valence-electron chi connectivity index (χ1n) is 7.50. The summed E-state index contributed by atoms with van der Waals surface area (Å²) in [4.78, 5) is 41.5. The average molecular weight is 334 g/mol. The highest BCUT2D eigenvalue weighted by Gasteiger charge is 2.23. The molecular weight excluding hydrogens is 316 g/mol. The Morgan fingerprint density at radius 1 is 1.43 bits per heavy atom. The maximum atomic E-state index is 12.7. The summed E-state index contributed by atoms with van der Waals surface area (Å²) in [6.45, 7) is 3.33. The van der Waals surface area contributed by atoms with E-state index < -0.39 is 5.91 Å². The Morgan fingerprint density at radius 3 is 2.96 bits per heavy atom. The van der Waals surface area contributed by atoms with E-state index in [2.05, 4.69) is 22.8 Å². The van der Waals surface area contributed by atoms with E-state index in [4.69, 9.17) is 0 Å². The Kier molecular flexibility index (Phi) is 4.16. The number of hydrogen-bond acceptors (Lipinski definition) is 5. The number of hydrazine groups is 1. The molecule has 0 spiro atoms. The lowest BCUT2D eigenvalue weighted by Gasteiger charge is -2.17. The Labute approximate surface area is 136 Å². The normalized spacial score (nSPS) is 16.9. The van der Waals surface area contributed by atoms with Gasteiger partial charge in [-0.3, -0.25) is 29.8 Å². The number of aryl methyl sites for hydroxylation is 1. The molecule has 2 aromatic heterocycles. The summed E-state index contributed by atoms with van der Waals surface area (Å²) < 4.78 is 1.28. The van der Waals surface area contributed by atoms with Crippen molar-refractivity contribution in [3.63, 3.8) is 0 Å². The average Bonchev–Trinajstić information content (AvgIpc) is 2.86. The van der Waals surface area contributed by atoms with Gasteiger partial charge in [0.1, 0.15) is 11.4 Å². The van der Waals surface area contributed by atoms with Crippen LogP contribution in [0.25, 0.3) is 10.2 Å². The van der Waals surface area contributed by atoms with Crippen LogP contribution in [0.1, 0.15) is 30.7 Å². The fourth-order valence-electron chi connectivity index (χ4n) is 2.83. The van der Waals surface area contributed by atoms with Gasteiger partial charge in [-0.1, -0.05) is 6.92 Å². The van der Waals surface area contributed by atoms with E-state index in [9.17, 15) is 14.4 Å². The molecule has 1 aliphatic carbocycles. The van der Waals surface area contributed by atoms with Crippen molar-refractivity contribution in [1.82, 2.24) is 20.4 Å². The molecule has 0 bridgehead atoms. The molecule has 2 aromatic rings. The van der Waals surface area contributed by atoms with Crippen molar-refractivity contribution in [3.8, 4) is 0 Å². The number of carbonyl (C=O) groups excluding carboxylic acids is 2.